The zero-order chi connectivity index (χ0) is 14.6. The number of primary amides is 1. The van der Waals surface area contributed by atoms with Gasteiger partial charge in [0.1, 0.15) is 0 Å². The third-order valence-corrected chi connectivity index (χ3v) is 4.99. The van der Waals surface area contributed by atoms with E-state index >= 15 is 0 Å². The van der Waals surface area contributed by atoms with Crippen LogP contribution in [0.25, 0.3) is 0 Å². The quantitative estimate of drug-likeness (QED) is 0.655. The molecular formula is C14H25N3O3. The van der Waals surface area contributed by atoms with Crippen molar-refractivity contribution < 1.29 is 14.3 Å². The van der Waals surface area contributed by atoms with Crippen LogP contribution in [0.1, 0.15) is 38.5 Å². The summed E-state index contributed by atoms with van der Waals surface area (Å²) in [5, 5.41) is 2.93. The van der Waals surface area contributed by atoms with Gasteiger partial charge in [-0.1, -0.05) is 12.8 Å². The molecule has 6 heteroatoms. The summed E-state index contributed by atoms with van der Waals surface area (Å²) in [6.45, 7) is 1.77. The molecule has 0 bridgehead atoms. The van der Waals surface area contributed by atoms with Gasteiger partial charge < -0.3 is 21.5 Å². The van der Waals surface area contributed by atoms with Gasteiger partial charge in [-0.15, -0.1) is 0 Å². The first-order chi connectivity index (χ1) is 9.55. The summed E-state index contributed by atoms with van der Waals surface area (Å²) in [6, 6.07) is 0. The van der Waals surface area contributed by atoms with Gasteiger partial charge >= 0.3 is 0 Å². The highest BCUT2D eigenvalue weighted by Crippen LogP contribution is 2.38. The van der Waals surface area contributed by atoms with Gasteiger partial charge in [-0.3, -0.25) is 9.59 Å². The van der Waals surface area contributed by atoms with Crippen molar-refractivity contribution in [3.8, 4) is 0 Å². The lowest BCUT2D eigenvalue weighted by atomic mass is 9.78. The SMILES string of the molecule is NCC1(C(=O)NCC2(C(N)=O)CCCC2)CCOCC1. The highest BCUT2D eigenvalue weighted by Gasteiger charge is 2.43. The van der Waals surface area contributed by atoms with Crippen LogP contribution in [0.4, 0.5) is 0 Å². The lowest BCUT2D eigenvalue weighted by Crippen LogP contribution is -2.53. The molecule has 0 spiro atoms. The predicted octanol–water partition coefficient (Wildman–Crippen LogP) is -0.0962. The van der Waals surface area contributed by atoms with Crippen molar-refractivity contribution >= 4 is 11.8 Å². The average Bonchev–Trinajstić information content (AvgIpc) is 2.95. The molecule has 0 radical (unpaired) electrons. The van der Waals surface area contributed by atoms with E-state index in [-0.39, 0.29) is 11.8 Å². The Balaban J connectivity index is 1.98. The molecule has 1 aliphatic heterocycles. The number of amides is 2. The molecule has 1 saturated carbocycles. The zero-order valence-electron chi connectivity index (χ0n) is 12.0. The normalized spacial score (nSPS) is 24.2. The monoisotopic (exact) mass is 283 g/mol. The van der Waals surface area contributed by atoms with Crippen molar-refractivity contribution in [1.82, 2.24) is 5.32 Å². The Kier molecular flexibility index (Phi) is 4.65. The number of nitrogens with two attached hydrogens (primary N) is 2. The second-order valence-corrected chi connectivity index (χ2v) is 6.13. The van der Waals surface area contributed by atoms with Gasteiger partial charge in [0.15, 0.2) is 0 Å². The fourth-order valence-corrected chi connectivity index (χ4v) is 3.29. The molecule has 0 unspecified atom stereocenters. The van der Waals surface area contributed by atoms with Crippen molar-refractivity contribution in [2.45, 2.75) is 38.5 Å². The van der Waals surface area contributed by atoms with Crippen molar-refractivity contribution in [3.05, 3.63) is 0 Å². The van der Waals surface area contributed by atoms with Crippen LogP contribution in [-0.4, -0.2) is 38.1 Å². The molecule has 5 N–H and O–H groups in total. The van der Waals surface area contributed by atoms with Gasteiger partial charge in [-0.05, 0) is 25.7 Å². The lowest BCUT2D eigenvalue weighted by molar-refractivity contribution is -0.137. The molecule has 0 atom stereocenters. The summed E-state index contributed by atoms with van der Waals surface area (Å²) in [5.74, 6) is -0.361. The number of hydrogen-bond donors (Lipinski definition) is 3. The maximum Gasteiger partial charge on any atom is 0.227 e. The second kappa shape index (κ2) is 6.10. The molecule has 1 heterocycles. The van der Waals surface area contributed by atoms with Crippen molar-refractivity contribution in [1.29, 1.82) is 0 Å². The van der Waals surface area contributed by atoms with E-state index in [0.29, 0.717) is 39.1 Å². The van der Waals surface area contributed by atoms with Crippen molar-refractivity contribution in [3.63, 3.8) is 0 Å². The van der Waals surface area contributed by atoms with Crippen molar-refractivity contribution in [2.75, 3.05) is 26.3 Å². The molecule has 0 aromatic carbocycles. The first-order valence-electron chi connectivity index (χ1n) is 7.41. The van der Waals surface area contributed by atoms with E-state index in [1.54, 1.807) is 0 Å². The maximum absolute atomic E-state index is 12.5. The Morgan fingerprint density at radius 2 is 1.65 bits per heavy atom. The molecule has 2 amide bonds. The largest absolute Gasteiger partial charge is 0.381 e. The molecule has 6 nitrogen and oxygen atoms in total. The summed E-state index contributed by atoms with van der Waals surface area (Å²) in [7, 11) is 0. The van der Waals surface area contributed by atoms with Crippen LogP contribution in [0.3, 0.4) is 0 Å². The number of ether oxygens (including phenoxy) is 1. The fourth-order valence-electron chi connectivity index (χ4n) is 3.29. The molecule has 0 aromatic heterocycles. The minimum absolute atomic E-state index is 0.0594. The number of carbonyl (C=O) groups excluding carboxylic acids is 2. The predicted molar refractivity (Wildman–Crippen MR) is 74.6 cm³/mol. The van der Waals surface area contributed by atoms with Crippen LogP contribution in [0.15, 0.2) is 0 Å². The molecular weight excluding hydrogens is 258 g/mol. The summed E-state index contributed by atoms with van der Waals surface area (Å²) >= 11 is 0. The van der Waals surface area contributed by atoms with Crippen LogP contribution in [-0.2, 0) is 14.3 Å². The number of carbonyl (C=O) groups is 2. The van der Waals surface area contributed by atoms with Crippen LogP contribution in [0.5, 0.6) is 0 Å². The Labute approximate surface area is 119 Å². The minimum atomic E-state index is -0.559. The maximum atomic E-state index is 12.5. The third-order valence-electron chi connectivity index (χ3n) is 4.99. The molecule has 2 rings (SSSR count). The Bertz CT molecular complexity index is 372. The molecule has 20 heavy (non-hydrogen) atoms. The molecule has 0 aromatic rings. The van der Waals surface area contributed by atoms with Crippen LogP contribution in [0, 0.1) is 10.8 Å². The van der Waals surface area contributed by atoms with E-state index in [1.165, 1.54) is 0 Å². The average molecular weight is 283 g/mol. The summed E-state index contributed by atoms with van der Waals surface area (Å²) < 4.78 is 5.30. The molecule has 1 saturated heterocycles. The number of nitrogens with one attached hydrogen (secondary N) is 1. The van der Waals surface area contributed by atoms with Crippen LogP contribution < -0.4 is 16.8 Å². The van der Waals surface area contributed by atoms with E-state index in [4.69, 9.17) is 16.2 Å². The van der Waals surface area contributed by atoms with Gasteiger partial charge in [0.25, 0.3) is 0 Å². The van der Waals surface area contributed by atoms with Gasteiger partial charge in [-0.2, -0.15) is 0 Å². The smallest absolute Gasteiger partial charge is 0.227 e. The van der Waals surface area contributed by atoms with E-state index in [2.05, 4.69) is 5.32 Å². The Morgan fingerprint density at radius 1 is 1.05 bits per heavy atom. The Hall–Kier alpha value is -1.14. The zero-order valence-corrected chi connectivity index (χ0v) is 12.0. The van der Waals surface area contributed by atoms with Crippen LogP contribution >= 0.6 is 0 Å². The number of rotatable bonds is 5. The highest BCUT2D eigenvalue weighted by molar-refractivity contribution is 5.85. The molecule has 2 fully saturated rings. The van der Waals surface area contributed by atoms with Gasteiger partial charge in [0, 0.05) is 26.3 Å². The van der Waals surface area contributed by atoms with Crippen LogP contribution in [0.2, 0.25) is 0 Å². The highest BCUT2D eigenvalue weighted by atomic mass is 16.5. The fraction of sp³-hybridized carbons (Fsp3) is 0.857. The van der Waals surface area contributed by atoms with Gasteiger partial charge in [0.05, 0.1) is 10.8 Å². The molecule has 2 aliphatic rings. The van der Waals surface area contributed by atoms with E-state index in [0.717, 1.165) is 25.7 Å². The first kappa shape index (κ1) is 15.3. The summed E-state index contributed by atoms with van der Waals surface area (Å²) in [6.07, 6.45) is 4.80. The van der Waals surface area contributed by atoms with Gasteiger partial charge in [-0.25, -0.2) is 0 Å². The summed E-state index contributed by atoms with van der Waals surface area (Å²) in [5.41, 5.74) is 10.2. The number of hydrogen-bond acceptors (Lipinski definition) is 4. The second-order valence-electron chi connectivity index (χ2n) is 6.13. The standard InChI is InChI=1S/C14H25N3O3/c15-9-13(5-7-20-8-6-13)12(19)17-10-14(11(16)18)3-1-2-4-14/h1-10,15H2,(H2,16,18)(H,17,19). The topological polar surface area (TPSA) is 107 Å². The first-order valence-corrected chi connectivity index (χ1v) is 7.41. The summed E-state index contributed by atoms with van der Waals surface area (Å²) in [4.78, 5) is 24.2. The molecule has 114 valence electrons. The minimum Gasteiger partial charge on any atom is -0.381 e. The Morgan fingerprint density at radius 3 is 2.15 bits per heavy atom. The van der Waals surface area contributed by atoms with E-state index < -0.39 is 10.8 Å². The lowest BCUT2D eigenvalue weighted by Gasteiger charge is -2.36. The molecule has 1 aliphatic carbocycles. The van der Waals surface area contributed by atoms with E-state index in [9.17, 15) is 9.59 Å². The van der Waals surface area contributed by atoms with Crippen molar-refractivity contribution in [2.24, 2.45) is 22.3 Å². The third kappa shape index (κ3) is 2.81. The van der Waals surface area contributed by atoms with Gasteiger partial charge in [0.2, 0.25) is 11.8 Å². The van der Waals surface area contributed by atoms with E-state index in [1.807, 2.05) is 0 Å².